The maximum absolute atomic E-state index is 12.5. The number of nitrogens with zero attached hydrogens (tertiary/aromatic N) is 1. The number of carbonyl (C=O) groups is 3. The molecule has 0 fully saturated rings. The van der Waals surface area contributed by atoms with Crippen LogP contribution in [-0.4, -0.2) is 61.2 Å². The number of fused-ring (bicyclic) bond motifs is 1. The summed E-state index contributed by atoms with van der Waals surface area (Å²) in [4.78, 5) is 47.8. The average Bonchev–Trinajstić information content (AvgIpc) is 2.89. The summed E-state index contributed by atoms with van der Waals surface area (Å²) in [5.41, 5.74) is 7.64. The summed E-state index contributed by atoms with van der Waals surface area (Å²) in [6, 6.07) is 6.47. The van der Waals surface area contributed by atoms with E-state index in [1.807, 2.05) is 0 Å². The summed E-state index contributed by atoms with van der Waals surface area (Å²) < 4.78 is 10.2. The van der Waals surface area contributed by atoms with E-state index in [1.54, 1.807) is 45.0 Å². The van der Waals surface area contributed by atoms with Crippen LogP contribution in [0.1, 0.15) is 47.1 Å². The number of hydrogen-bond donors (Lipinski definition) is 2. The smallest absolute Gasteiger partial charge is 0.340 e. The topological polar surface area (TPSA) is 138 Å². The molecule has 0 heterocycles. The van der Waals surface area contributed by atoms with Crippen LogP contribution in [0.3, 0.4) is 0 Å². The van der Waals surface area contributed by atoms with Crippen molar-refractivity contribution in [2.75, 3.05) is 38.8 Å². The molecule has 3 N–H and O–H groups in total. The van der Waals surface area contributed by atoms with Crippen LogP contribution >= 0.6 is 0 Å². The van der Waals surface area contributed by atoms with E-state index < -0.39 is 17.8 Å². The van der Waals surface area contributed by atoms with E-state index in [-0.39, 0.29) is 56.3 Å². The number of hydroxylamine groups is 2. The van der Waals surface area contributed by atoms with Crippen LogP contribution in [-0.2, 0) is 30.4 Å². The van der Waals surface area contributed by atoms with Gasteiger partial charge in [0.1, 0.15) is 6.61 Å². The number of carbonyl (C=O) groups excluding carboxylic acids is 3. The number of aliphatic hydroxyl groups is 1. The number of nitrogen functional groups attached to an aromatic ring is 1. The number of ether oxygens (including phenoxy) is 2. The van der Waals surface area contributed by atoms with Crippen LogP contribution in [0.4, 0.5) is 5.69 Å². The van der Waals surface area contributed by atoms with E-state index in [1.165, 1.54) is 0 Å². The first kappa shape index (κ1) is 25.1. The molecule has 0 aromatic carbocycles. The third-order valence-electron chi connectivity index (χ3n) is 4.36. The number of rotatable bonds is 11. The summed E-state index contributed by atoms with van der Waals surface area (Å²) in [5, 5.41) is 9.64. The maximum Gasteiger partial charge on any atom is 0.340 e. The van der Waals surface area contributed by atoms with Crippen LogP contribution in [0.15, 0.2) is 24.3 Å². The Morgan fingerprint density at radius 2 is 1.41 bits per heavy atom. The predicted molar refractivity (Wildman–Crippen MR) is 115 cm³/mol. The summed E-state index contributed by atoms with van der Waals surface area (Å²) in [6.45, 7) is 5.11. The molecule has 2 aliphatic rings. The molecule has 0 spiro atoms. The highest BCUT2D eigenvalue weighted by molar-refractivity contribution is 6.15. The summed E-state index contributed by atoms with van der Waals surface area (Å²) in [5.74, 6) is -1.81. The molecule has 1 amide bonds. The Hall–Kier alpha value is -3.21. The summed E-state index contributed by atoms with van der Waals surface area (Å²) in [7, 11) is 0. The zero-order valence-electron chi connectivity index (χ0n) is 18.4. The van der Waals surface area contributed by atoms with Crippen LogP contribution in [0.25, 0.3) is 11.1 Å². The maximum atomic E-state index is 12.5. The number of aliphatic hydroxyl groups excluding tert-OH is 1. The van der Waals surface area contributed by atoms with Gasteiger partial charge in [0.05, 0.1) is 49.7 Å². The van der Waals surface area contributed by atoms with Crippen molar-refractivity contribution in [1.29, 1.82) is 0 Å². The lowest BCUT2D eigenvalue weighted by atomic mass is 10.1. The number of amides is 1. The van der Waals surface area contributed by atoms with Crippen molar-refractivity contribution in [3.05, 3.63) is 41.0 Å². The van der Waals surface area contributed by atoms with E-state index >= 15 is 0 Å². The first-order valence-electron chi connectivity index (χ1n) is 10.3. The molecule has 10 heteroatoms. The highest BCUT2D eigenvalue weighted by Gasteiger charge is 2.30. The SMILES string of the molecule is CCOC(=O)c1c2ccc(CC(=O)N(OCC)OCCO)ccc-2c(C(=O)OCC)c1N. The van der Waals surface area contributed by atoms with Crippen molar-refractivity contribution in [1.82, 2.24) is 5.23 Å². The van der Waals surface area contributed by atoms with Gasteiger partial charge in [-0.15, -0.1) is 0 Å². The van der Waals surface area contributed by atoms with E-state index in [0.29, 0.717) is 16.7 Å². The van der Waals surface area contributed by atoms with Gasteiger partial charge in [-0.3, -0.25) is 4.79 Å². The number of anilines is 1. The monoisotopic (exact) mass is 448 g/mol. The quantitative estimate of drug-likeness (QED) is 0.390. The Labute approximate surface area is 186 Å². The molecule has 0 atom stereocenters. The summed E-state index contributed by atoms with van der Waals surface area (Å²) in [6.07, 6.45) is -0.0956. The molecule has 0 unspecified atom stereocenters. The van der Waals surface area contributed by atoms with E-state index in [0.717, 1.165) is 5.23 Å². The highest BCUT2D eigenvalue weighted by Crippen LogP contribution is 2.39. The highest BCUT2D eigenvalue weighted by atomic mass is 17.0. The minimum Gasteiger partial charge on any atom is -0.462 e. The van der Waals surface area contributed by atoms with Crippen molar-refractivity contribution < 1.29 is 38.6 Å². The van der Waals surface area contributed by atoms with Gasteiger partial charge in [0, 0.05) is 0 Å². The first-order chi connectivity index (χ1) is 15.4. The molecular formula is C22H28N2O8. The van der Waals surface area contributed by atoms with E-state index in [9.17, 15) is 14.4 Å². The van der Waals surface area contributed by atoms with Crippen LogP contribution in [0.2, 0.25) is 0 Å². The largest absolute Gasteiger partial charge is 0.462 e. The van der Waals surface area contributed by atoms with Crippen molar-refractivity contribution >= 4 is 23.5 Å². The predicted octanol–water partition coefficient (Wildman–Crippen LogP) is 1.97. The molecule has 32 heavy (non-hydrogen) atoms. The van der Waals surface area contributed by atoms with Gasteiger partial charge in [0.2, 0.25) is 0 Å². The third kappa shape index (κ3) is 5.72. The molecule has 0 saturated heterocycles. The second-order valence-corrected chi connectivity index (χ2v) is 6.48. The normalized spacial score (nSPS) is 10.8. The molecule has 10 nitrogen and oxygen atoms in total. The van der Waals surface area contributed by atoms with E-state index in [2.05, 4.69) is 0 Å². The van der Waals surface area contributed by atoms with Crippen molar-refractivity contribution in [3.63, 3.8) is 0 Å². The van der Waals surface area contributed by atoms with Crippen molar-refractivity contribution in [2.24, 2.45) is 0 Å². The standard InChI is InChI=1S/C22H28N2O8/c1-4-29-21(27)18-15-9-7-14(13-17(26)24(31-6-3)32-12-11-25)8-10-16(15)19(20(18)23)22(28)30-5-2/h7-10,25H,4-6,11-13,23H2,1-3H3. The lowest BCUT2D eigenvalue weighted by Gasteiger charge is -2.19. The molecule has 174 valence electrons. The van der Waals surface area contributed by atoms with Gasteiger partial charge in [-0.1, -0.05) is 29.5 Å². The molecule has 0 saturated carbocycles. The molecule has 0 radical (unpaired) electrons. The van der Waals surface area contributed by atoms with Crippen LogP contribution < -0.4 is 5.73 Å². The van der Waals surface area contributed by atoms with Gasteiger partial charge in [0.15, 0.2) is 0 Å². The Morgan fingerprint density at radius 3 is 1.84 bits per heavy atom. The Balaban J connectivity index is 2.48. The molecule has 0 aromatic rings. The van der Waals surface area contributed by atoms with Gasteiger partial charge in [-0.05, 0) is 37.5 Å². The molecule has 0 aromatic heterocycles. The number of nitrogens with two attached hydrogens (primary N) is 1. The minimum atomic E-state index is -0.658. The minimum absolute atomic E-state index is 0.0133. The van der Waals surface area contributed by atoms with Crippen LogP contribution in [0, 0.1) is 0 Å². The van der Waals surface area contributed by atoms with Gasteiger partial charge >= 0.3 is 11.9 Å². The van der Waals surface area contributed by atoms with Gasteiger partial charge in [-0.2, -0.15) is 0 Å². The second-order valence-electron chi connectivity index (χ2n) is 6.48. The number of hydrogen-bond acceptors (Lipinski definition) is 9. The van der Waals surface area contributed by atoms with Crippen molar-refractivity contribution in [2.45, 2.75) is 27.2 Å². The zero-order chi connectivity index (χ0) is 23.7. The molecule has 0 bridgehead atoms. The Kier molecular flexibility index (Phi) is 9.39. The summed E-state index contributed by atoms with van der Waals surface area (Å²) >= 11 is 0. The lowest BCUT2D eigenvalue weighted by Crippen LogP contribution is -2.33. The lowest BCUT2D eigenvalue weighted by molar-refractivity contribution is -0.341. The van der Waals surface area contributed by atoms with Crippen molar-refractivity contribution in [3.8, 4) is 11.1 Å². The van der Waals surface area contributed by atoms with E-state index in [4.69, 9.17) is 30.0 Å². The molecule has 2 aliphatic carbocycles. The third-order valence-corrected chi connectivity index (χ3v) is 4.36. The fraction of sp³-hybridized carbons (Fsp3) is 0.409. The fourth-order valence-electron chi connectivity index (χ4n) is 3.09. The molecule has 2 rings (SSSR count). The second kappa shape index (κ2) is 12.0. The van der Waals surface area contributed by atoms with Gasteiger partial charge in [-0.25, -0.2) is 19.3 Å². The van der Waals surface area contributed by atoms with Crippen LogP contribution in [0.5, 0.6) is 0 Å². The first-order valence-corrected chi connectivity index (χ1v) is 10.3. The fourth-order valence-corrected chi connectivity index (χ4v) is 3.09. The zero-order valence-corrected chi connectivity index (χ0v) is 18.4. The Bertz CT molecular complexity index is 875. The number of esters is 2. The average molecular weight is 448 g/mol. The van der Waals surface area contributed by atoms with Gasteiger partial charge < -0.3 is 20.3 Å². The Morgan fingerprint density at radius 1 is 0.875 bits per heavy atom. The molecule has 0 aliphatic heterocycles. The van der Waals surface area contributed by atoms with Gasteiger partial charge in [0.25, 0.3) is 5.91 Å². The molecular weight excluding hydrogens is 420 g/mol.